The normalized spacial score (nSPS) is 14.5. The molecular formula is C37H25N2O2PS2. The third kappa shape index (κ3) is 4.42. The Balaban J connectivity index is 1.59. The van der Waals surface area contributed by atoms with Gasteiger partial charge in [-0.3, -0.25) is 0 Å². The summed E-state index contributed by atoms with van der Waals surface area (Å²) >= 11 is 3.39. The summed E-state index contributed by atoms with van der Waals surface area (Å²) in [7, 11) is 0. The molecule has 0 aliphatic carbocycles. The van der Waals surface area contributed by atoms with E-state index >= 15 is 0 Å². The summed E-state index contributed by atoms with van der Waals surface area (Å²) in [5, 5.41) is 27.6. The van der Waals surface area contributed by atoms with Gasteiger partial charge in [0, 0.05) is 16.7 Å². The molecule has 1 aliphatic rings. The van der Waals surface area contributed by atoms with Crippen LogP contribution in [0.2, 0.25) is 0 Å². The summed E-state index contributed by atoms with van der Waals surface area (Å²) in [6.45, 7) is -2.58. The van der Waals surface area contributed by atoms with Crippen LogP contribution in [0.5, 0.6) is 11.5 Å². The quantitative estimate of drug-likeness (QED) is 0.188. The van der Waals surface area contributed by atoms with Gasteiger partial charge in [0.1, 0.15) is 21.5 Å². The highest BCUT2D eigenvalue weighted by Crippen LogP contribution is 2.63. The topological polar surface area (TPSA) is 66.2 Å². The third-order valence-corrected chi connectivity index (χ3v) is 14.6. The van der Waals surface area contributed by atoms with Crippen molar-refractivity contribution in [3.63, 3.8) is 0 Å². The van der Waals surface area contributed by atoms with Crippen molar-refractivity contribution in [3.8, 4) is 11.5 Å². The fourth-order valence-electron chi connectivity index (χ4n) is 5.97. The monoisotopic (exact) mass is 624 g/mol. The largest absolute Gasteiger partial charge is 0.508 e. The molecule has 3 heterocycles. The van der Waals surface area contributed by atoms with Crippen molar-refractivity contribution in [1.29, 1.82) is 0 Å². The van der Waals surface area contributed by atoms with Gasteiger partial charge in [-0.25, -0.2) is 9.97 Å². The molecule has 1 aliphatic heterocycles. The molecule has 4 nitrogen and oxygen atoms in total. The second-order valence-electron chi connectivity index (χ2n) is 10.6. The van der Waals surface area contributed by atoms with E-state index in [1.165, 1.54) is 16.7 Å². The summed E-state index contributed by atoms with van der Waals surface area (Å²) in [5.74, 6) is 0.0188. The number of nitrogens with zero attached hydrogens (tertiary/aromatic N) is 2. The van der Waals surface area contributed by atoms with E-state index in [4.69, 9.17) is 9.97 Å². The van der Waals surface area contributed by atoms with Gasteiger partial charge in [0.15, 0.2) is 0 Å². The van der Waals surface area contributed by atoms with E-state index in [2.05, 4.69) is 109 Å². The molecule has 0 spiro atoms. The number of aromatic hydroxyl groups is 2. The average molecular weight is 625 g/mol. The van der Waals surface area contributed by atoms with Gasteiger partial charge in [0.2, 0.25) is 0 Å². The zero-order valence-electron chi connectivity index (χ0n) is 23.3. The minimum absolute atomic E-state index is 0.00938. The van der Waals surface area contributed by atoms with E-state index in [1.54, 1.807) is 34.8 Å². The van der Waals surface area contributed by atoms with E-state index in [1.807, 2.05) is 12.1 Å². The summed E-state index contributed by atoms with van der Waals surface area (Å²) < 4.78 is 2.24. The van der Waals surface area contributed by atoms with Gasteiger partial charge in [-0.1, -0.05) is 84.9 Å². The molecule has 0 saturated heterocycles. The first-order valence-electron chi connectivity index (χ1n) is 14.2. The van der Waals surface area contributed by atoms with Gasteiger partial charge in [0.25, 0.3) is 0 Å². The Labute approximate surface area is 262 Å². The summed E-state index contributed by atoms with van der Waals surface area (Å²) in [6.07, 6.45) is 4.44. The molecule has 8 rings (SSSR count). The molecular weight excluding hydrogens is 600 g/mol. The van der Waals surface area contributed by atoms with Crippen LogP contribution in [0.25, 0.3) is 31.3 Å². The van der Waals surface area contributed by atoms with Crippen molar-refractivity contribution in [3.05, 3.63) is 155 Å². The van der Waals surface area contributed by atoms with Crippen LogP contribution in [0.15, 0.2) is 140 Å². The average Bonchev–Trinajstić information content (AvgIpc) is 3.69. The molecule has 2 aromatic heterocycles. The SMILES string of the molecule is Oc1cc(O)cc(C2=CC(c3nc4ccccc4s3)=P(c3ccccc3)(c3ccccc3)C(c3nc4ccccc4s3)=C2)c1. The lowest BCUT2D eigenvalue weighted by Crippen LogP contribution is -2.25. The number of rotatable bonds is 5. The van der Waals surface area contributed by atoms with Crippen LogP contribution in [-0.2, 0) is 0 Å². The van der Waals surface area contributed by atoms with Crippen LogP contribution in [0.1, 0.15) is 15.6 Å². The first-order chi connectivity index (χ1) is 21.6. The van der Waals surface area contributed by atoms with E-state index in [9.17, 15) is 10.2 Å². The Bertz CT molecular complexity index is 2190. The molecule has 0 unspecified atom stereocenters. The first-order valence-corrected chi connectivity index (χ1v) is 17.6. The highest BCUT2D eigenvalue weighted by Gasteiger charge is 2.37. The molecule has 0 amide bonds. The molecule has 0 bridgehead atoms. The molecule has 2 N–H and O–H groups in total. The lowest BCUT2D eigenvalue weighted by molar-refractivity contribution is 0.450. The Morgan fingerprint density at radius 3 is 1.59 bits per heavy atom. The Kier molecular flexibility index (Phi) is 6.57. The Morgan fingerprint density at radius 1 is 0.523 bits per heavy atom. The number of fused-ring (bicyclic) bond motifs is 2. The zero-order chi connectivity index (χ0) is 29.7. The van der Waals surface area contributed by atoms with Crippen LogP contribution >= 0.6 is 29.6 Å². The number of phenolic OH excluding ortho intramolecular Hbond substituents is 2. The number of thiazole rings is 2. The fraction of sp³-hybridized carbons (Fsp3) is 0. The van der Waals surface area contributed by atoms with Crippen molar-refractivity contribution in [2.45, 2.75) is 0 Å². The molecule has 0 saturated carbocycles. The fourth-order valence-corrected chi connectivity index (χ4v) is 13.1. The molecule has 212 valence electrons. The van der Waals surface area contributed by atoms with Gasteiger partial charge in [-0.15, -0.1) is 22.7 Å². The summed E-state index contributed by atoms with van der Waals surface area (Å²) in [5.41, 5.74) is 3.52. The minimum Gasteiger partial charge on any atom is -0.508 e. The van der Waals surface area contributed by atoms with Crippen LogP contribution in [0, 0.1) is 0 Å². The first kappa shape index (κ1) is 26.9. The van der Waals surface area contributed by atoms with E-state index in [-0.39, 0.29) is 11.5 Å². The Hall–Kier alpha value is -4.74. The van der Waals surface area contributed by atoms with Crippen LogP contribution < -0.4 is 10.6 Å². The number of allylic oxidation sites excluding steroid dienone is 3. The lowest BCUT2D eigenvalue weighted by atomic mass is 10.0. The van der Waals surface area contributed by atoms with E-state index in [0.717, 1.165) is 52.2 Å². The van der Waals surface area contributed by atoms with Gasteiger partial charge < -0.3 is 10.2 Å². The number of hydrogen-bond acceptors (Lipinski definition) is 6. The van der Waals surface area contributed by atoms with Crippen LogP contribution in [0.3, 0.4) is 0 Å². The molecule has 0 fully saturated rings. The number of aromatic nitrogens is 2. The standard InChI is InChI=1S/C37H25N2O2PS2/c40-26-19-24(20-27(41)23-26)25-21-32(36-38-30-15-7-9-17-34(30)43-36)42(28-11-3-1-4-12-28,29-13-5-2-6-14-29)33(22-25)37-39-31-16-8-10-18-35(31)44-37/h1-23,40-41H. The summed E-state index contributed by atoms with van der Waals surface area (Å²) in [4.78, 5) is 10.5. The molecule has 5 aromatic carbocycles. The van der Waals surface area contributed by atoms with Crippen molar-refractivity contribution < 1.29 is 10.2 Å². The smallest absolute Gasteiger partial charge is 0.125 e. The molecule has 7 heteroatoms. The molecule has 7 aromatic rings. The van der Waals surface area contributed by atoms with Gasteiger partial charge in [-0.05, 0) is 77.2 Å². The van der Waals surface area contributed by atoms with Gasteiger partial charge >= 0.3 is 0 Å². The van der Waals surface area contributed by atoms with Crippen LogP contribution in [0.4, 0.5) is 0 Å². The maximum atomic E-state index is 10.5. The molecule has 0 radical (unpaired) electrons. The minimum atomic E-state index is -2.58. The highest BCUT2D eigenvalue weighted by atomic mass is 32.1. The second kappa shape index (κ2) is 10.8. The van der Waals surface area contributed by atoms with Crippen molar-refractivity contribution in [1.82, 2.24) is 9.97 Å². The maximum absolute atomic E-state index is 10.5. The number of phenols is 2. The van der Waals surface area contributed by atoms with Gasteiger partial charge in [0.05, 0.1) is 20.4 Å². The molecule has 0 atom stereocenters. The zero-order valence-corrected chi connectivity index (χ0v) is 25.9. The van der Waals surface area contributed by atoms with E-state index < -0.39 is 6.89 Å². The number of para-hydroxylation sites is 2. The molecule has 44 heavy (non-hydrogen) atoms. The number of hydrogen-bond donors (Lipinski definition) is 2. The lowest BCUT2D eigenvalue weighted by Gasteiger charge is -2.35. The highest BCUT2D eigenvalue weighted by molar-refractivity contribution is 7.98. The van der Waals surface area contributed by atoms with Gasteiger partial charge in [-0.2, -0.15) is 0 Å². The van der Waals surface area contributed by atoms with Crippen molar-refractivity contribution >= 4 is 76.8 Å². The summed E-state index contributed by atoms with van der Waals surface area (Å²) in [6, 6.07) is 42.7. The van der Waals surface area contributed by atoms with E-state index in [0.29, 0.717) is 0 Å². The predicted molar refractivity (Wildman–Crippen MR) is 188 cm³/mol. The maximum Gasteiger partial charge on any atom is 0.125 e. The van der Waals surface area contributed by atoms with Crippen molar-refractivity contribution in [2.24, 2.45) is 0 Å². The predicted octanol–water partition coefficient (Wildman–Crippen LogP) is 8.64. The second-order valence-corrected chi connectivity index (χ2v) is 16.0. The Morgan fingerprint density at radius 2 is 1.02 bits per heavy atom. The van der Waals surface area contributed by atoms with Crippen molar-refractivity contribution in [2.75, 3.05) is 0 Å². The van der Waals surface area contributed by atoms with Crippen LogP contribution in [-0.4, -0.2) is 25.5 Å². The number of benzene rings is 5. The third-order valence-electron chi connectivity index (χ3n) is 7.86.